The number of ether oxygens (including phenoxy) is 2. The number of rotatable bonds is 4. The second-order valence-corrected chi connectivity index (χ2v) is 3.60. The van der Waals surface area contributed by atoms with E-state index in [0.717, 1.165) is 5.56 Å². The van der Waals surface area contributed by atoms with Crippen LogP contribution in [0.1, 0.15) is 11.1 Å². The Balaban J connectivity index is 1.95. The molecule has 1 saturated heterocycles. The van der Waals surface area contributed by atoms with Gasteiger partial charge in [-0.25, -0.2) is 4.39 Å². The summed E-state index contributed by atoms with van der Waals surface area (Å²) in [7, 11) is 0. The van der Waals surface area contributed by atoms with E-state index in [1.54, 1.807) is 12.1 Å². The maximum absolute atomic E-state index is 13.1. The van der Waals surface area contributed by atoms with E-state index in [2.05, 4.69) is 0 Å². The average molecular weight is 211 g/mol. The first-order valence-corrected chi connectivity index (χ1v) is 4.96. The second kappa shape index (κ2) is 4.70. The largest absolute Gasteiger partial charge is 0.376 e. The summed E-state index contributed by atoms with van der Waals surface area (Å²) in [6, 6.07) is 4.89. The van der Waals surface area contributed by atoms with E-state index in [1.165, 1.54) is 6.07 Å². The number of hydrogen-bond donors (Lipinski definition) is 1. The standard InChI is InChI=1S/C11H14FNO2/c12-11-2-1-8(3-9(11)4-13)5-15-10-6-14-7-10/h1-3,10H,4-7,13H2. The molecule has 1 heterocycles. The van der Waals surface area contributed by atoms with Crippen LogP contribution in [-0.2, 0) is 22.6 Å². The maximum Gasteiger partial charge on any atom is 0.127 e. The van der Waals surface area contributed by atoms with Gasteiger partial charge in [0.2, 0.25) is 0 Å². The number of nitrogens with two attached hydrogens (primary N) is 1. The Morgan fingerprint density at radius 1 is 1.47 bits per heavy atom. The highest BCUT2D eigenvalue weighted by atomic mass is 19.1. The Hall–Kier alpha value is -0.970. The molecule has 0 saturated carbocycles. The van der Waals surface area contributed by atoms with Crippen LogP contribution in [0.5, 0.6) is 0 Å². The van der Waals surface area contributed by atoms with E-state index in [4.69, 9.17) is 15.2 Å². The van der Waals surface area contributed by atoms with Gasteiger partial charge in [-0.15, -0.1) is 0 Å². The van der Waals surface area contributed by atoms with Crippen LogP contribution in [0.2, 0.25) is 0 Å². The Kier molecular flexibility index (Phi) is 3.30. The normalized spacial score (nSPS) is 16.4. The first-order chi connectivity index (χ1) is 7.29. The van der Waals surface area contributed by atoms with Crippen molar-refractivity contribution in [1.29, 1.82) is 0 Å². The van der Waals surface area contributed by atoms with Crippen molar-refractivity contribution in [2.45, 2.75) is 19.3 Å². The van der Waals surface area contributed by atoms with Gasteiger partial charge in [0.05, 0.1) is 19.8 Å². The summed E-state index contributed by atoms with van der Waals surface area (Å²) in [5, 5.41) is 0. The molecule has 0 radical (unpaired) electrons. The van der Waals surface area contributed by atoms with E-state index >= 15 is 0 Å². The van der Waals surface area contributed by atoms with Gasteiger partial charge in [-0.3, -0.25) is 0 Å². The molecule has 82 valence electrons. The van der Waals surface area contributed by atoms with Gasteiger partial charge in [-0.1, -0.05) is 6.07 Å². The quantitative estimate of drug-likeness (QED) is 0.813. The third-order valence-corrected chi connectivity index (χ3v) is 2.42. The van der Waals surface area contributed by atoms with E-state index < -0.39 is 0 Å². The highest BCUT2D eigenvalue weighted by molar-refractivity contribution is 5.24. The molecule has 2 rings (SSSR count). The summed E-state index contributed by atoms with van der Waals surface area (Å²) >= 11 is 0. The number of halogens is 1. The second-order valence-electron chi connectivity index (χ2n) is 3.60. The molecule has 0 spiro atoms. The zero-order valence-electron chi connectivity index (χ0n) is 8.41. The third-order valence-electron chi connectivity index (χ3n) is 2.42. The van der Waals surface area contributed by atoms with Crippen LogP contribution >= 0.6 is 0 Å². The van der Waals surface area contributed by atoms with Gasteiger partial charge in [-0.05, 0) is 17.7 Å². The van der Waals surface area contributed by atoms with Crippen LogP contribution in [-0.4, -0.2) is 19.3 Å². The lowest BCUT2D eigenvalue weighted by molar-refractivity contribution is -0.135. The fraction of sp³-hybridized carbons (Fsp3) is 0.455. The fourth-order valence-corrected chi connectivity index (χ4v) is 1.40. The summed E-state index contributed by atoms with van der Waals surface area (Å²) in [5.74, 6) is -0.256. The van der Waals surface area contributed by atoms with Crippen LogP contribution in [0.25, 0.3) is 0 Å². The zero-order chi connectivity index (χ0) is 10.7. The summed E-state index contributed by atoms with van der Waals surface area (Å²) in [6.45, 7) is 2.02. The van der Waals surface area contributed by atoms with Crippen molar-refractivity contribution in [1.82, 2.24) is 0 Å². The van der Waals surface area contributed by atoms with Crippen molar-refractivity contribution >= 4 is 0 Å². The molecule has 3 nitrogen and oxygen atoms in total. The van der Waals surface area contributed by atoms with E-state index in [-0.39, 0.29) is 18.5 Å². The molecule has 15 heavy (non-hydrogen) atoms. The van der Waals surface area contributed by atoms with Gasteiger partial charge in [0.15, 0.2) is 0 Å². The van der Waals surface area contributed by atoms with Gasteiger partial charge >= 0.3 is 0 Å². The van der Waals surface area contributed by atoms with Crippen molar-refractivity contribution in [3.8, 4) is 0 Å². The first kappa shape index (κ1) is 10.5. The lowest BCUT2D eigenvalue weighted by Gasteiger charge is -2.26. The van der Waals surface area contributed by atoms with Gasteiger partial charge in [-0.2, -0.15) is 0 Å². The van der Waals surface area contributed by atoms with Crippen LogP contribution in [0.3, 0.4) is 0 Å². The maximum atomic E-state index is 13.1. The van der Waals surface area contributed by atoms with Crippen LogP contribution in [0.15, 0.2) is 18.2 Å². The van der Waals surface area contributed by atoms with Crippen molar-refractivity contribution in [2.75, 3.05) is 13.2 Å². The van der Waals surface area contributed by atoms with Gasteiger partial charge in [0.1, 0.15) is 11.9 Å². The summed E-state index contributed by atoms with van der Waals surface area (Å²) < 4.78 is 23.6. The molecule has 1 aliphatic rings. The topological polar surface area (TPSA) is 44.5 Å². The van der Waals surface area contributed by atoms with Crippen LogP contribution in [0, 0.1) is 5.82 Å². The highest BCUT2D eigenvalue weighted by Crippen LogP contribution is 2.13. The monoisotopic (exact) mass is 211 g/mol. The van der Waals surface area contributed by atoms with Crippen molar-refractivity contribution in [3.05, 3.63) is 35.1 Å². The average Bonchev–Trinajstić information content (AvgIpc) is 2.18. The molecule has 1 aromatic rings. The number of benzene rings is 1. The molecule has 2 N–H and O–H groups in total. The first-order valence-electron chi connectivity index (χ1n) is 4.96. The predicted octanol–water partition coefficient (Wildman–Crippen LogP) is 1.20. The molecule has 0 aromatic heterocycles. The summed E-state index contributed by atoms with van der Waals surface area (Å²) in [4.78, 5) is 0. The molecule has 1 fully saturated rings. The Morgan fingerprint density at radius 3 is 2.87 bits per heavy atom. The number of hydrogen-bond acceptors (Lipinski definition) is 3. The summed E-state index contributed by atoms with van der Waals surface area (Å²) in [6.07, 6.45) is 0.191. The fourth-order valence-electron chi connectivity index (χ4n) is 1.40. The Morgan fingerprint density at radius 2 is 2.27 bits per heavy atom. The lowest BCUT2D eigenvalue weighted by atomic mass is 10.1. The third kappa shape index (κ3) is 2.53. The molecular weight excluding hydrogens is 197 g/mol. The summed E-state index contributed by atoms with van der Waals surface area (Å²) in [5.41, 5.74) is 6.89. The molecule has 0 atom stereocenters. The molecule has 1 aliphatic heterocycles. The van der Waals surface area contributed by atoms with Gasteiger partial charge in [0, 0.05) is 12.1 Å². The van der Waals surface area contributed by atoms with Crippen molar-refractivity contribution in [2.24, 2.45) is 5.73 Å². The van der Waals surface area contributed by atoms with Gasteiger partial charge < -0.3 is 15.2 Å². The zero-order valence-corrected chi connectivity index (χ0v) is 8.41. The predicted molar refractivity (Wildman–Crippen MR) is 53.7 cm³/mol. The van der Waals surface area contributed by atoms with Crippen molar-refractivity contribution < 1.29 is 13.9 Å². The van der Waals surface area contributed by atoms with E-state index in [1.807, 2.05) is 0 Å². The molecule has 0 bridgehead atoms. The van der Waals surface area contributed by atoms with Gasteiger partial charge in [0.25, 0.3) is 0 Å². The minimum absolute atomic E-state index is 0.191. The Bertz CT molecular complexity index is 339. The van der Waals surface area contributed by atoms with Crippen LogP contribution < -0.4 is 5.73 Å². The van der Waals surface area contributed by atoms with Crippen LogP contribution in [0.4, 0.5) is 4.39 Å². The van der Waals surface area contributed by atoms with Crippen molar-refractivity contribution in [3.63, 3.8) is 0 Å². The molecular formula is C11H14FNO2. The minimum atomic E-state index is -0.256. The smallest absolute Gasteiger partial charge is 0.127 e. The minimum Gasteiger partial charge on any atom is -0.376 e. The van der Waals surface area contributed by atoms with E-state index in [9.17, 15) is 4.39 Å². The Labute approximate surface area is 88.0 Å². The molecule has 1 aromatic carbocycles. The molecule has 0 amide bonds. The molecule has 0 unspecified atom stereocenters. The van der Waals surface area contributed by atoms with E-state index in [0.29, 0.717) is 25.4 Å². The molecule has 0 aliphatic carbocycles. The molecule has 4 heteroatoms. The SMILES string of the molecule is NCc1cc(COC2COC2)ccc1F. The lowest BCUT2D eigenvalue weighted by Crippen LogP contribution is -2.35. The highest BCUT2D eigenvalue weighted by Gasteiger charge is 2.18.